The number of methoxy groups -OCH3 is 1. The van der Waals surface area contributed by atoms with Crippen LogP contribution in [0.2, 0.25) is 0 Å². The first kappa shape index (κ1) is 16.6. The standard InChI is InChI=1S/C15H23FN2O2/c1-9(2)13(17)15(19)18-10(3)14(20-4)11-5-7-12(16)8-6-11/h5-10,13-14H,17H2,1-4H3,(H,18,19)/t10?,13-,14?/m0/s1. The molecule has 0 saturated carbocycles. The Labute approximate surface area is 119 Å². The third-order valence-corrected chi connectivity index (χ3v) is 3.30. The summed E-state index contributed by atoms with van der Waals surface area (Å²) in [6.45, 7) is 5.62. The predicted molar refractivity (Wildman–Crippen MR) is 76.6 cm³/mol. The zero-order chi connectivity index (χ0) is 15.3. The third kappa shape index (κ3) is 4.28. The summed E-state index contributed by atoms with van der Waals surface area (Å²) in [6, 6.07) is 5.22. The second-order valence-corrected chi connectivity index (χ2v) is 5.27. The SMILES string of the molecule is COC(c1ccc(F)cc1)C(C)NC(=O)[C@@H](N)C(C)C. The fraction of sp³-hybridized carbons (Fsp3) is 0.533. The van der Waals surface area contributed by atoms with Crippen molar-refractivity contribution in [2.24, 2.45) is 11.7 Å². The first-order chi connectivity index (χ1) is 9.36. The first-order valence-electron chi connectivity index (χ1n) is 6.71. The van der Waals surface area contributed by atoms with Crippen molar-refractivity contribution >= 4 is 5.91 Å². The van der Waals surface area contributed by atoms with Gasteiger partial charge in [-0.15, -0.1) is 0 Å². The van der Waals surface area contributed by atoms with E-state index in [1.165, 1.54) is 12.1 Å². The average Bonchev–Trinajstić information content (AvgIpc) is 2.40. The maximum absolute atomic E-state index is 12.9. The minimum Gasteiger partial charge on any atom is -0.375 e. The summed E-state index contributed by atoms with van der Waals surface area (Å²) in [7, 11) is 1.55. The normalized spacial score (nSPS) is 15.8. The molecule has 0 aliphatic carbocycles. The lowest BCUT2D eigenvalue weighted by atomic mass is 10.0. The maximum atomic E-state index is 12.9. The highest BCUT2D eigenvalue weighted by atomic mass is 19.1. The van der Waals surface area contributed by atoms with Gasteiger partial charge in [-0.05, 0) is 30.5 Å². The molecule has 0 spiro atoms. The lowest BCUT2D eigenvalue weighted by Gasteiger charge is -2.26. The van der Waals surface area contributed by atoms with E-state index in [4.69, 9.17) is 10.5 Å². The second-order valence-electron chi connectivity index (χ2n) is 5.27. The van der Waals surface area contributed by atoms with Crippen LogP contribution in [0.4, 0.5) is 4.39 Å². The highest BCUT2D eigenvalue weighted by Crippen LogP contribution is 2.21. The predicted octanol–water partition coefficient (Wildman–Crippen LogP) is 2.00. The zero-order valence-corrected chi connectivity index (χ0v) is 12.4. The number of hydrogen-bond acceptors (Lipinski definition) is 3. The zero-order valence-electron chi connectivity index (χ0n) is 12.4. The van der Waals surface area contributed by atoms with Crippen LogP contribution in [0, 0.1) is 11.7 Å². The van der Waals surface area contributed by atoms with Crippen LogP contribution < -0.4 is 11.1 Å². The second kappa shape index (κ2) is 7.36. The van der Waals surface area contributed by atoms with Gasteiger partial charge in [-0.1, -0.05) is 26.0 Å². The van der Waals surface area contributed by atoms with E-state index >= 15 is 0 Å². The first-order valence-corrected chi connectivity index (χ1v) is 6.71. The van der Waals surface area contributed by atoms with Gasteiger partial charge in [-0.2, -0.15) is 0 Å². The molecule has 5 heteroatoms. The summed E-state index contributed by atoms with van der Waals surface area (Å²) in [5, 5.41) is 2.84. The molecule has 3 N–H and O–H groups in total. The monoisotopic (exact) mass is 282 g/mol. The molecule has 0 heterocycles. The smallest absolute Gasteiger partial charge is 0.237 e. The number of nitrogens with two attached hydrogens (primary N) is 1. The van der Waals surface area contributed by atoms with Crippen molar-refractivity contribution in [2.75, 3.05) is 7.11 Å². The summed E-state index contributed by atoms with van der Waals surface area (Å²) in [5.74, 6) is -0.451. The van der Waals surface area contributed by atoms with Crippen molar-refractivity contribution in [1.29, 1.82) is 0 Å². The van der Waals surface area contributed by atoms with Gasteiger partial charge in [0, 0.05) is 7.11 Å². The van der Waals surface area contributed by atoms with Crippen LogP contribution in [0.1, 0.15) is 32.4 Å². The van der Waals surface area contributed by atoms with Gasteiger partial charge in [0.25, 0.3) is 0 Å². The van der Waals surface area contributed by atoms with Crippen LogP contribution in [-0.4, -0.2) is 25.1 Å². The summed E-state index contributed by atoms with van der Waals surface area (Å²) in [5.41, 5.74) is 6.61. The molecule has 0 bridgehead atoms. The molecule has 0 saturated heterocycles. The summed E-state index contributed by atoms with van der Waals surface area (Å²) >= 11 is 0. The van der Waals surface area contributed by atoms with Gasteiger partial charge in [0.2, 0.25) is 5.91 Å². The molecule has 0 aliphatic heterocycles. The van der Waals surface area contributed by atoms with Gasteiger partial charge < -0.3 is 15.8 Å². The summed E-state index contributed by atoms with van der Waals surface area (Å²) < 4.78 is 18.3. The third-order valence-electron chi connectivity index (χ3n) is 3.30. The Morgan fingerprint density at radius 2 is 1.80 bits per heavy atom. The number of rotatable bonds is 6. The number of amides is 1. The lowest BCUT2D eigenvalue weighted by molar-refractivity contribution is -0.124. The van der Waals surface area contributed by atoms with E-state index in [1.54, 1.807) is 19.2 Å². The van der Waals surface area contributed by atoms with E-state index in [-0.39, 0.29) is 29.8 Å². The fourth-order valence-corrected chi connectivity index (χ4v) is 1.98. The average molecular weight is 282 g/mol. The molecule has 4 nitrogen and oxygen atoms in total. The van der Waals surface area contributed by atoms with Gasteiger partial charge in [0.05, 0.1) is 12.1 Å². The molecular formula is C15H23FN2O2. The van der Waals surface area contributed by atoms with E-state index in [0.717, 1.165) is 5.56 Å². The van der Waals surface area contributed by atoms with Crippen molar-refractivity contribution in [3.05, 3.63) is 35.6 Å². The number of ether oxygens (including phenoxy) is 1. The molecule has 1 aromatic rings. The number of benzene rings is 1. The van der Waals surface area contributed by atoms with E-state index in [0.29, 0.717) is 0 Å². The van der Waals surface area contributed by atoms with E-state index in [9.17, 15) is 9.18 Å². The maximum Gasteiger partial charge on any atom is 0.237 e. The number of nitrogens with one attached hydrogen (secondary N) is 1. The molecule has 0 radical (unpaired) electrons. The molecule has 0 aromatic heterocycles. The van der Waals surface area contributed by atoms with Gasteiger partial charge in [0.15, 0.2) is 0 Å². The number of carbonyl (C=O) groups is 1. The van der Waals surface area contributed by atoms with Crippen molar-refractivity contribution in [3.63, 3.8) is 0 Å². The van der Waals surface area contributed by atoms with Crippen LogP contribution in [-0.2, 0) is 9.53 Å². The molecule has 1 amide bonds. The summed E-state index contributed by atoms with van der Waals surface area (Å²) in [6.07, 6.45) is -0.348. The summed E-state index contributed by atoms with van der Waals surface area (Å²) in [4.78, 5) is 11.9. The van der Waals surface area contributed by atoms with Gasteiger partial charge in [-0.3, -0.25) is 4.79 Å². The van der Waals surface area contributed by atoms with Gasteiger partial charge >= 0.3 is 0 Å². The topological polar surface area (TPSA) is 64.3 Å². The molecule has 20 heavy (non-hydrogen) atoms. The molecule has 112 valence electrons. The van der Waals surface area contributed by atoms with Gasteiger partial charge in [0.1, 0.15) is 11.9 Å². The van der Waals surface area contributed by atoms with E-state index in [1.807, 2.05) is 20.8 Å². The van der Waals surface area contributed by atoms with Crippen LogP contribution >= 0.6 is 0 Å². The Kier molecular flexibility index (Phi) is 6.10. The van der Waals surface area contributed by atoms with Crippen LogP contribution in [0.3, 0.4) is 0 Å². The van der Waals surface area contributed by atoms with Gasteiger partial charge in [-0.25, -0.2) is 4.39 Å². The van der Waals surface area contributed by atoms with Crippen molar-refractivity contribution in [3.8, 4) is 0 Å². The Morgan fingerprint density at radius 1 is 1.25 bits per heavy atom. The van der Waals surface area contributed by atoms with E-state index < -0.39 is 6.04 Å². The Bertz CT molecular complexity index is 434. The Morgan fingerprint density at radius 3 is 2.25 bits per heavy atom. The Hall–Kier alpha value is -1.46. The van der Waals surface area contributed by atoms with Crippen molar-refractivity contribution < 1.29 is 13.9 Å². The molecule has 0 fully saturated rings. The molecule has 1 rings (SSSR count). The Balaban J connectivity index is 2.75. The molecular weight excluding hydrogens is 259 g/mol. The molecule has 1 aromatic carbocycles. The van der Waals surface area contributed by atoms with Crippen molar-refractivity contribution in [2.45, 2.75) is 39.0 Å². The quantitative estimate of drug-likeness (QED) is 0.839. The molecule has 2 unspecified atom stereocenters. The highest BCUT2D eigenvalue weighted by Gasteiger charge is 2.24. The highest BCUT2D eigenvalue weighted by molar-refractivity contribution is 5.82. The largest absolute Gasteiger partial charge is 0.375 e. The minimum absolute atomic E-state index is 0.0639. The molecule has 0 aliphatic rings. The van der Waals surface area contributed by atoms with Crippen LogP contribution in [0.5, 0.6) is 0 Å². The minimum atomic E-state index is -0.553. The lowest BCUT2D eigenvalue weighted by Crippen LogP contribution is -2.48. The van der Waals surface area contributed by atoms with Crippen LogP contribution in [0.15, 0.2) is 24.3 Å². The fourth-order valence-electron chi connectivity index (χ4n) is 1.98. The number of halogens is 1. The number of carbonyl (C=O) groups excluding carboxylic acids is 1. The van der Waals surface area contributed by atoms with E-state index in [2.05, 4.69) is 5.32 Å². The van der Waals surface area contributed by atoms with Crippen molar-refractivity contribution in [1.82, 2.24) is 5.32 Å². The number of hydrogen-bond donors (Lipinski definition) is 2. The van der Waals surface area contributed by atoms with Crippen LogP contribution in [0.25, 0.3) is 0 Å². The molecule has 3 atom stereocenters.